The smallest absolute Gasteiger partial charge is 0.253 e. The van der Waals surface area contributed by atoms with Crippen LogP contribution in [-0.2, 0) is 6.54 Å². The van der Waals surface area contributed by atoms with E-state index in [0.29, 0.717) is 16.8 Å². The minimum absolute atomic E-state index is 0.183. The average molecular weight is 358 g/mol. The monoisotopic (exact) mass is 356 g/mol. The number of nitrogens with two attached hydrogens (primary N) is 1. The molecule has 0 heterocycles. The van der Waals surface area contributed by atoms with E-state index in [-0.39, 0.29) is 23.3 Å². The molecule has 0 aromatic heterocycles. The highest BCUT2D eigenvalue weighted by atomic mass is 79.9. The van der Waals surface area contributed by atoms with Gasteiger partial charge in [0.15, 0.2) is 0 Å². The zero-order valence-electron chi connectivity index (χ0n) is 10.3. The Labute approximate surface area is 129 Å². The van der Waals surface area contributed by atoms with Crippen LogP contribution in [-0.4, -0.2) is 5.91 Å². The number of carbonyl (C=O) groups excluding carboxylic acids is 1. The molecule has 104 valence electrons. The summed E-state index contributed by atoms with van der Waals surface area (Å²) < 4.78 is 13.9. The number of carbonyl (C=O) groups is 1. The second kappa shape index (κ2) is 6.24. The highest BCUT2D eigenvalue weighted by Crippen LogP contribution is 2.23. The van der Waals surface area contributed by atoms with Crippen LogP contribution in [0.3, 0.4) is 0 Å². The molecule has 0 unspecified atom stereocenters. The highest BCUT2D eigenvalue weighted by molar-refractivity contribution is 9.10. The number of benzene rings is 2. The van der Waals surface area contributed by atoms with Gasteiger partial charge in [0, 0.05) is 11.0 Å². The van der Waals surface area contributed by atoms with Gasteiger partial charge in [-0.05, 0) is 35.9 Å². The number of anilines is 1. The maximum atomic E-state index is 13.1. The third kappa shape index (κ3) is 3.29. The molecule has 0 aliphatic heterocycles. The van der Waals surface area contributed by atoms with Gasteiger partial charge in [-0.2, -0.15) is 0 Å². The van der Waals surface area contributed by atoms with Crippen LogP contribution in [0.5, 0.6) is 0 Å². The summed E-state index contributed by atoms with van der Waals surface area (Å²) in [6.45, 7) is 0.183. The van der Waals surface area contributed by atoms with E-state index in [1.165, 1.54) is 12.1 Å². The molecule has 0 fully saturated rings. The Hall–Kier alpha value is -1.59. The molecule has 0 saturated carbocycles. The van der Waals surface area contributed by atoms with Gasteiger partial charge in [-0.3, -0.25) is 4.79 Å². The van der Waals surface area contributed by atoms with Crippen molar-refractivity contribution in [2.24, 2.45) is 0 Å². The molecule has 0 spiro atoms. The normalized spacial score (nSPS) is 10.3. The van der Waals surface area contributed by atoms with Gasteiger partial charge in [-0.15, -0.1) is 0 Å². The number of hydrogen-bond donors (Lipinski definition) is 2. The fourth-order valence-electron chi connectivity index (χ4n) is 1.67. The lowest BCUT2D eigenvalue weighted by Gasteiger charge is -2.09. The summed E-state index contributed by atoms with van der Waals surface area (Å²) in [5, 5.41) is 2.89. The first kappa shape index (κ1) is 14.8. The van der Waals surface area contributed by atoms with Crippen molar-refractivity contribution in [2.45, 2.75) is 6.54 Å². The lowest BCUT2D eigenvalue weighted by Crippen LogP contribution is -2.23. The van der Waals surface area contributed by atoms with E-state index in [1.54, 1.807) is 24.3 Å². The Bertz CT molecular complexity index is 664. The summed E-state index contributed by atoms with van der Waals surface area (Å²) in [5.41, 5.74) is 6.91. The maximum Gasteiger partial charge on any atom is 0.253 e. The minimum atomic E-state index is -0.363. The van der Waals surface area contributed by atoms with Crippen LogP contribution in [0.25, 0.3) is 0 Å². The van der Waals surface area contributed by atoms with Gasteiger partial charge in [0.05, 0.1) is 16.3 Å². The second-order valence-electron chi connectivity index (χ2n) is 4.13. The zero-order valence-corrected chi connectivity index (χ0v) is 12.6. The number of amides is 1. The largest absolute Gasteiger partial charge is 0.398 e. The molecule has 0 radical (unpaired) electrons. The van der Waals surface area contributed by atoms with Crippen molar-refractivity contribution in [2.75, 3.05) is 5.73 Å². The van der Waals surface area contributed by atoms with Gasteiger partial charge in [0.2, 0.25) is 0 Å². The molecule has 20 heavy (non-hydrogen) atoms. The Morgan fingerprint density at radius 1 is 1.35 bits per heavy atom. The van der Waals surface area contributed by atoms with E-state index >= 15 is 0 Å². The van der Waals surface area contributed by atoms with Crippen LogP contribution >= 0.6 is 27.5 Å². The first-order valence-electron chi connectivity index (χ1n) is 5.75. The van der Waals surface area contributed by atoms with Crippen molar-refractivity contribution >= 4 is 39.1 Å². The summed E-state index contributed by atoms with van der Waals surface area (Å²) in [6, 6.07) is 9.12. The van der Waals surface area contributed by atoms with Gasteiger partial charge in [0.25, 0.3) is 5.91 Å². The molecule has 2 aromatic carbocycles. The third-order valence-corrected chi connectivity index (χ3v) is 3.92. The zero-order chi connectivity index (χ0) is 14.7. The fourth-order valence-corrected chi connectivity index (χ4v) is 2.27. The molecule has 2 aromatic rings. The molecule has 3 N–H and O–H groups in total. The lowest BCUT2D eigenvalue weighted by atomic mass is 10.1. The number of hydrogen-bond acceptors (Lipinski definition) is 2. The van der Waals surface area contributed by atoms with Crippen LogP contribution in [0.2, 0.25) is 5.02 Å². The first-order valence-corrected chi connectivity index (χ1v) is 6.92. The maximum absolute atomic E-state index is 13.1. The molecule has 1 amide bonds. The van der Waals surface area contributed by atoms with Crippen molar-refractivity contribution in [3.05, 3.63) is 62.8 Å². The molecular formula is C14H11BrClFN2O. The van der Waals surface area contributed by atoms with Crippen molar-refractivity contribution in [3.63, 3.8) is 0 Å². The van der Waals surface area contributed by atoms with E-state index < -0.39 is 0 Å². The van der Waals surface area contributed by atoms with E-state index in [0.717, 1.165) is 4.47 Å². The SMILES string of the molecule is Nc1cccc(C(=O)NCc2cc(F)ccc2Br)c1Cl. The van der Waals surface area contributed by atoms with Crippen molar-refractivity contribution < 1.29 is 9.18 Å². The Morgan fingerprint density at radius 2 is 2.10 bits per heavy atom. The quantitative estimate of drug-likeness (QED) is 0.822. The molecule has 2 rings (SSSR count). The summed E-state index contributed by atoms with van der Waals surface area (Å²) in [6.07, 6.45) is 0. The summed E-state index contributed by atoms with van der Waals surface area (Å²) >= 11 is 9.27. The molecule has 0 saturated heterocycles. The first-order chi connectivity index (χ1) is 9.49. The van der Waals surface area contributed by atoms with E-state index in [4.69, 9.17) is 17.3 Å². The number of halogens is 3. The van der Waals surface area contributed by atoms with Crippen molar-refractivity contribution in [3.8, 4) is 0 Å². The lowest BCUT2D eigenvalue weighted by molar-refractivity contribution is 0.0951. The fraction of sp³-hybridized carbons (Fsp3) is 0.0714. The number of nitrogen functional groups attached to an aromatic ring is 1. The summed E-state index contributed by atoms with van der Waals surface area (Å²) in [7, 11) is 0. The van der Waals surface area contributed by atoms with E-state index in [2.05, 4.69) is 21.2 Å². The summed E-state index contributed by atoms with van der Waals surface area (Å²) in [5.74, 6) is -0.724. The molecule has 0 aliphatic carbocycles. The number of rotatable bonds is 3. The van der Waals surface area contributed by atoms with Gasteiger partial charge in [-0.25, -0.2) is 4.39 Å². The predicted octanol–water partition coefficient (Wildman–Crippen LogP) is 3.75. The second-order valence-corrected chi connectivity index (χ2v) is 5.36. The topological polar surface area (TPSA) is 55.1 Å². The average Bonchev–Trinajstić information content (AvgIpc) is 2.42. The highest BCUT2D eigenvalue weighted by Gasteiger charge is 2.12. The van der Waals surface area contributed by atoms with Crippen LogP contribution in [0, 0.1) is 5.82 Å². The Morgan fingerprint density at radius 3 is 2.85 bits per heavy atom. The van der Waals surface area contributed by atoms with E-state index in [1.807, 2.05) is 0 Å². The van der Waals surface area contributed by atoms with Crippen LogP contribution in [0.15, 0.2) is 40.9 Å². The summed E-state index contributed by atoms with van der Waals surface area (Å²) in [4.78, 5) is 12.0. The molecule has 0 bridgehead atoms. The van der Waals surface area contributed by atoms with Crippen LogP contribution in [0.4, 0.5) is 10.1 Å². The Balaban J connectivity index is 2.13. The van der Waals surface area contributed by atoms with Crippen LogP contribution in [0.1, 0.15) is 15.9 Å². The van der Waals surface area contributed by atoms with Gasteiger partial charge in [0.1, 0.15) is 5.82 Å². The molecule has 3 nitrogen and oxygen atoms in total. The van der Waals surface area contributed by atoms with Gasteiger partial charge < -0.3 is 11.1 Å². The van der Waals surface area contributed by atoms with Crippen molar-refractivity contribution in [1.29, 1.82) is 0 Å². The predicted molar refractivity (Wildman–Crippen MR) is 81.1 cm³/mol. The van der Waals surface area contributed by atoms with Gasteiger partial charge in [-0.1, -0.05) is 33.6 Å². The Kier molecular flexibility index (Phi) is 4.62. The minimum Gasteiger partial charge on any atom is -0.398 e. The number of nitrogens with one attached hydrogen (secondary N) is 1. The standard InChI is InChI=1S/C14H11BrClFN2O/c15-11-5-4-9(17)6-8(11)7-19-14(20)10-2-1-3-12(18)13(10)16/h1-6H,7,18H2,(H,19,20). The third-order valence-electron chi connectivity index (χ3n) is 2.72. The van der Waals surface area contributed by atoms with Gasteiger partial charge >= 0.3 is 0 Å². The molecule has 6 heteroatoms. The van der Waals surface area contributed by atoms with E-state index in [9.17, 15) is 9.18 Å². The molecule has 0 aliphatic rings. The molecular weight excluding hydrogens is 347 g/mol. The van der Waals surface area contributed by atoms with Crippen LogP contribution < -0.4 is 11.1 Å². The molecule has 0 atom stereocenters. The van der Waals surface area contributed by atoms with Crippen molar-refractivity contribution in [1.82, 2.24) is 5.32 Å².